The molecule has 2 rings (SSSR count). The Morgan fingerprint density at radius 3 is 2.75 bits per heavy atom. The van der Waals surface area contributed by atoms with Gasteiger partial charge in [-0.15, -0.1) is 11.3 Å². The first-order chi connectivity index (χ1) is 11.4. The second kappa shape index (κ2) is 7.51. The quantitative estimate of drug-likeness (QED) is 0.387. The third kappa shape index (κ3) is 4.26. The van der Waals surface area contributed by atoms with Gasteiger partial charge in [-0.25, -0.2) is 4.79 Å². The SMILES string of the molecule is COC(=O)c1sc(NC(=O)/C=C/c2cccc([N+](=O)[O-])c2)cc1C. The molecule has 0 spiro atoms. The van der Waals surface area contributed by atoms with Gasteiger partial charge in [0.05, 0.1) is 17.0 Å². The number of nitro groups is 1. The number of anilines is 1. The van der Waals surface area contributed by atoms with Crippen molar-refractivity contribution in [2.24, 2.45) is 0 Å². The van der Waals surface area contributed by atoms with Crippen molar-refractivity contribution < 1.29 is 19.2 Å². The van der Waals surface area contributed by atoms with Crippen molar-refractivity contribution in [3.8, 4) is 0 Å². The Morgan fingerprint density at radius 1 is 1.33 bits per heavy atom. The first-order valence-corrected chi connectivity index (χ1v) is 7.64. The van der Waals surface area contributed by atoms with E-state index in [1.54, 1.807) is 25.1 Å². The lowest BCUT2D eigenvalue weighted by atomic mass is 10.2. The number of carbonyl (C=O) groups is 2. The van der Waals surface area contributed by atoms with Gasteiger partial charge in [0.1, 0.15) is 4.88 Å². The third-order valence-electron chi connectivity index (χ3n) is 3.04. The Bertz CT molecular complexity index is 826. The number of esters is 1. The molecule has 0 bridgehead atoms. The van der Waals surface area contributed by atoms with Crippen LogP contribution in [0.3, 0.4) is 0 Å². The molecule has 0 saturated heterocycles. The number of hydrogen-bond acceptors (Lipinski definition) is 6. The highest BCUT2D eigenvalue weighted by Gasteiger charge is 2.14. The largest absolute Gasteiger partial charge is 0.465 e. The van der Waals surface area contributed by atoms with Crippen molar-refractivity contribution in [3.63, 3.8) is 0 Å². The predicted molar refractivity (Wildman–Crippen MR) is 91.2 cm³/mol. The van der Waals surface area contributed by atoms with Crippen molar-refractivity contribution in [3.05, 3.63) is 62.5 Å². The van der Waals surface area contributed by atoms with Crippen LogP contribution in [0.4, 0.5) is 10.7 Å². The lowest BCUT2D eigenvalue weighted by molar-refractivity contribution is -0.384. The molecule has 1 heterocycles. The van der Waals surface area contributed by atoms with Crippen molar-refractivity contribution in [2.75, 3.05) is 12.4 Å². The maximum absolute atomic E-state index is 11.9. The van der Waals surface area contributed by atoms with Crippen LogP contribution in [0.1, 0.15) is 20.8 Å². The molecule has 1 amide bonds. The number of thiophene rings is 1. The third-order valence-corrected chi connectivity index (χ3v) is 4.18. The number of nitrogens with zero attached hydrogens (tertiary/aromatic N) is 1. The van der Waals surface area contributed by atoms with Crippen LogP contribution in [0.2, 0.25) is 0 Å². The molecule has 0 radical (unpaired) electrons. The molecule has 0 fully saturated rings. The molecule has 0 aliphatic heterocycles. The molecular formula is C16H14N2O5S. The van der Waals surface area contributed by atoms with Crippen molar-refractivity contribution in [1.82, 2.24) is 0 Å². The maximum Gasteiger partial charge on any atom is 0.348 e. The van der Waals surface area contributed by atoms with E-state index in [1.165, 1.54) is 31.4 Å². The highest BCUT2D eigenvalue weighted by molar-refractivity contribution is 7.18. The minimum Gasteiger partial charge on any atom is -0.465 e. The molecule has 0 aliphatic rings. The average molecular weight is 346 g/mol. The molecular weight excluding hydrogens is 332 g/mol. The van der Waals surface area contributed by atoms with Gasteiger partial charge in [0.2, 0.25) is 5.91 Å². The number of hydrogen-bond donors (Lipinski definition) is 1. The van der Waals surface area contributed by atoms with Gasteiger partial charge in [0.25, 0.3) is 5.69 Å². The highest BCUT2D eigenvalue weighted by atomic mass is 32.1. The minimum absolute atomic E-state index is 0.0471. The van der Waals surface area contributed by atoms with Gasteiger partial charge >= 0.3 is 5.97 Å². The van der Waals surface area contributed by atoms with E-state index >= 15 is 0 Å². The fourth-order valence-corrected chi connectivity index (χ4v) is 2.91. The summed E-state index contributed by atoms with van der Waals surface area (Å²) in [4.78, 5) is 34.1. The molecule has 0 aliphatic carbocycles. The number of aryl methyl sites for hydroxylation is 1. The lowest BCUT2D eigenvalue weighted by Gasteiger charge is -1.98. The van der Waals surface area contributed by atoms with Crippen LogP contribution in [-0.4, -0.2) is 23.9 Å². The summed E-state index contributed by atoms with van der Waals surface area (Å²) in [6.07, 6.45) is 2.75. The Morgan fingerprint density at radius 2 is 2.08 bits per heavy atom. The van der Waals surface area contributed by atoms with E-state index in [4.69, 9.17) is 0 Å². The second-order valence-electron chi connectivity index (χ2n) is 4.79. The number of methoxy groups -OCH3 is 1. The zero-order valence-electron chi connectivity index (χ0n) is 12.9. The topological polar surface area (TPSA) is 98.5 Å². The fourth-order valence-electron chi connectivity index (χ4n) is 1.92. The summed E-state index contributed by atoms with van der Waals surface area (Å²) in [5, 5.41) is 13.9. The normalized spacial score (nSPS) is 10.6. The van der Waals surface area contributed by atoms with Crippen LogP contribution in [0.25, 0.3) is 6.08 Å². The van der Waals surface area contributed by atoms with Crippen LogP contribution in [0.15, 0.2) is 36.4 Å². The predicted octanol–water partition coefficient (Wildman–Crippen LogP) is 3.40. The summed E-state index contributed by atoms with van der Waals surface area (Å²) in [6, 6.07) is 7.62. The first kappa shape index (κ1) is 17.4. The first-order valence-electron chi connectivity index (χ1n) is 6.83. The van der Waals surface area contributed by atoms with Gasteiger partial charge in [0, 0.05) is 18.2 Å². The molecule has 0 atom stereocenters. The van der Waals surface area contributed by atoms with Crippen LogP contribution < -0.4 is 5.32 Å². The minimum atomic E-state index is -0.500. The van der Waals surface area contributed by atoms with E-state index in [0.29, 0.717) is 21.0 Å². The monoisotopic (exact) mass is 346 g/mol. The molecule has 2 aromatic rings. The summed E-state index contributed by atoms with van der Waals surface area (Å²) < 4.78 is 4.66. The Kier molecular flexibility index (Phi) is 5.43. The summed E-state index contributed by atoms with van der Waals surface area (Å²) in [7, 11) is 1.29. The Labute approximate surface area is 141 Å². The molecule has 124 valence electrons. The molecule has 8 heteroatoms. The van der Waals surface area contributed by atoms with E-state index in [9.17, 15) is 19.7 Å². The van der Waals surface area contributed by atoms with E-state index in [0.717, 1.165) is 11.3 Å². The van der Waals surface area contributed by atoms with Crippen LogP contribution in [0, 0.1) is 17.0 Å². The van der Waals surface area contributed by atoms with Crippen LogP contribution in [-0.2, 0) is 9.53 Å². The fraction of sp³-hybridized carbons (Fsp3) is 0.125. The number of carbonyl (C=O) groups excluding carboxylic acids is 2. The molecule has 0 saturated carbocycles. The van der Waals surface area contributed by atoms with Crippen molar-refractivity contribution in [2.45, 2.75) is 6.92 Å². The lowest BCUT2D eigenvalue weighted by Crippen LogP contribution is -2.06. The van der Waals surface area contributed by atoms with Crippen molar-refractivity contribution >= 4 is 40.0 Å². The van der Waals surface area contributed by atoms with E-state index in [-0.39, 0.29) is 5.69 Å². The van der Waals surface area contributed by atoms with E-state index in [1.807, 2.05) is 0 Å². The molecule has 1 aromatic heterocycles. The molecule has 7 nitrogen and oxygen atoms in total. The van der Waals surface area contributed by atoms with Gasteiger partial charge < -0.3 is 10.1 Å². The smallest absolute Gasteiger partial charge is 0.348 e. The number of nitrogens with one attached hydrogen (secondary N) is 1. The maximum atomic E-state index is 11.9. The average Bonchev–Trinajstić information content (AvgIpc) is 2.92. The Hall–Kier alpha value is -3.00. The van der Waals surface area contributed by atoms with E-state index in [2.05, 4.69) is 10.1 Å². The van der Waals surface area contributed by atoms with Crippen LogP contribution >= 0.6 is 11.3 Å². The number of benzene rings is 1. The summed E-state index contributed by atoms with van der Waals surface area (Å²) in [6.45, 7) is 1.75. The highest BCUT2D eigenvalue weighted by Crippen LogP contribution is 2.27. The molecule has 24 heavy (non-hydrogen) atoms. The number of non-ortho nitro benzene ring substituents is 1. The zero-order chi connectivity index (χ0) is 17.7. The number of nitro benzene ring substituents is 1. The molecule has 1 N–H and O–H groups in total. The van der Waals surface area contributed by atoms with E-state index < -0.39 is 16.8 Å². The van der Waals surface area contributed by atoms with Crippen LogP contribution in [0.5, 0.6) is 0 Å². The summed E-state index contributed by atoms with van der Waals surface area (Å²) in [5.41, 5.74) is 1.20. The number of amides is 1. The molecule has 0 unspecified atom stereocenters. The summed E-state index contributed by atoms with van der Waals surface area (Å²) >= 11 is 1.12. The number of rotatable bonds is 5. The Balaban J connectivity index is 2.07. The second-order valence-corrected chi connectivity index (χ2v) is 5.84. The standard InChI is InChI=1S/C16H14N2O5S/c1-10-8-14(24-15(10)16(20)23-2)17-13(19)7-6-11-4-3-5-12(9-11)18(21)22/h3-9H,1-2H3,(H,17,19)/b7-6+. The van der Waals surface area contributed by atoms with Gasteiger partial charge in [0.15, 0.2) is 0 Å². The zero-order valence-corrected chi connectivity index (χ0v) is 13.8. The van der Waals surface area contributed by atoms with Crippen molar-refractivity contribution in [1.29, 1.82) is 0 Å². The van der Waals surface area contributed by atoms with Gasteiger partial charge in [-0.2, -0.15) is 0 Å². The van der Waals surface area contributed by atoms with Gasteiger partial charge in [-0.1, -0.05) is 12.1 Å². The number of ether oxygens (including phenoxy) is 1. The summed E-state index contributed by atoms with van der Waals surface area (Å²) in [5.74, 6) is -0.857. The van der Waals surface area contributed by atoms with Gasteiger partial charge in [-0.05, 0) is 30.2 Å². The van der Waals surface area contributed by atoms with Gasteiger partial charge in [-0.3, -0.25) is 14.9 Å². The molecule has 1 aromatic carbocycles.